The number of aromatic nitrogens is 4. The predicted molar refractivity (Wildman–Crippen MR) is 108 cm³/mol. The number of aromatic amines is 1. The van der Waals surface area contributed by atoms with Gasteiger partial charge in [0.1, 0.15) is 30.1 Å². The summed E-state index contributed by atoms with van der Waals surface area (Å²) in [5.41, 5.74) is 3.22. The van der Waals surface area contributed by atoms with Crippen LogP contribution in [0.3, 0.4) is 0 Å². The van der Waals surface area contributed by atoms with E-state index in [1.165, 1.54) is 0 Å². The third kappa shape index (κ3) is 4.76. The van der Waals surface area contributed by atoms with E-state index in [2.05, 4.69) is 36.9 Å². The van der Waals surface area contributed by atoms with Gasteiger partial charge in [0.2, 0.25) is 0 Å². The monoisotopic (exact) mass is 377 g/mol. The fraction of sp³-hybridized carbons (Fsp3) is 0.300. The van der Waals surface area contributed by atoms with Crippen LogP contribution in [0, 0.1) is 32.1 Å². The molecule has 0 fully saturated rings. The minimum atomic E-state index is -0.0665. The number of hydrogen-bond acceptors (Lipinski definition) is 7. The first kappa shape index (κ1) is 19.2. The fourth-order valence-corrected chi connectivity index (χ4v) is 2.63. The number of nitriles is 1. The molecule has 3 N–H and O–H groups in total. The Kier molecular flexibility index (Phi) is 5.75. The number of hydrogen-bond donors (Lipinski definition) is 3. The van der Waals surface area contributed by atoms with Crippen LogP contribution in [-0.4, -0.2) is 32.8 Å². The smallest absolute Gasteiger partial charge is 0.153 e. The number of pyridine rings is 2. The van der Waals surface area contributed by atoms with Crippen LogP contribution in [0.5, 0.6) is 5.75 Å². The Balaban J connectivity index is 1.71. The van der Waals surface area contributed by atoms with E-state index in [9.17, 15) is 5.26 Å². The molecule has 3 aromatic rings. The number of anilines is 3. The number of nitrogens with zero attached hydrogens (tertiary/aromatic N) is 4. The van der Waals surface area contributed by atoms with Gasteiger partial charge in [-0.05, 0) is 51.5 Å². The van der Waals surface area contributed by atoms with Gasteiger partial charge in [-0.15, -0.1) is 0 Å². The van der Waals surface area contributed by atoms with Gasteiger partial charge in [-0.25, -0.2) is 4.98 Å². The largest absolute Gasteiger partial charge is 0.490 e. The molecule has 3 aromatic heterocycles. The Hall–Kier alpha value is -3.60. The van der Waals surface area contributed by atoms with Gasteiger partial charge in [0, 0.05) is 17.5 Å². The molecule has 0 unspecified atom stereocenters. The van der Waals surface area contributed by atoms with Gasteiger partial charge >= 0.3 is 0 Å². The molecule has 0 bridgehead atoms. The second-order valence-corrected chi connectivity index (χ2v) is 6.71. The van der Waals surface area contributed by atoms with E-state index in [1.54, 1.807) is 6.20 Å². The average molecular weight is 377 g/mol. The van der Waals surface area contributed by atoms with Crippen molar-refractivity contribution in [1.29, 1.82) is 5.26 Å². The van der Waals surface area contributed by atoms with Gasteiger partial charge < -0.3 is 15.4 Å². The lowest BCUT2D eigenvalue weighted by molar-refractivity contribution is 0.302. The van der Waals surface area contributed by atoms with Crippen LogP contribution in [0.25, 0.3) is 0 Å². The molecule has 0 aliphatic rings. The lowest BCUT2D eigenvalue weighted by atomic mass is 10.1. The molecule has 8 heteroatoms. The van der Waals surface area contributed by atoms with E-state index in [1.807, 2.05) is 52.0 Å². The minimum absolute atomic E-state index is 0.0665. The van der Waals surface area contributed by atoms with Crippen molar-refractivity contribution < 1.29 is 4.74 Å². The van der Waals surface area contributed by atoms with Crippen molar-refractivity contribution in [2.75, 3.05) is 17.2 Å². The third-order valence-corrected chi connectivity index (χ3v) is 4.06. The highest BCUT2D eigenvalue weighted by atomic mass is 16.5. The summed E-state index contributed by atoms with van der Waals surface area (Å²) in [5, 5.41) is 23.0. The van der Waals surface area contributed by atoms with E-state index in [4.69, 9.17) is 4.74 Å². The first-order valence-corrected chi connectivity index (χ1v) is 8.97. The Bertz CT molecular complexity index is 989. The van der Waals surface area contributed by atoms with Gasteiger partial charge in [-0.3, -0.25) is 10.1 Å². The Morgan fingerprint density at radius 2 is 2.04 bits per heavy atom. The van der Waals surface area contributed by atoms with Crippen molar-refractivity contribution >= 4 is 17.5 Å². The van der Waals surface area contributed by atoms with Gasteiger partial charge in [-0.2, -0.15) is 10.4 Å². The number of rotatable bonds is 7. The quantitative estimate of drug-likeness (QED) is 0.576. The highest BCUT2D eigenvalue weighted by Crippen LogP contribution is 2.23. The Morgan fingerprint density at radius 3 is 2.68 bits per heavy atom. The molecule has 0 aliphatic heterocycles. The molecule has 0 radical (unpaired) electrons. The summed E-state index contributed by atoms with van der Waals surface area (Å²) in [6, 6.07) is 9.65. The lowest BCUT2D eigenvalue weighted by Crippen LogP contribution is -2.25. The van der Waals surface area contributed by atoms with Crippen LogP contribution in [0.2, 0.25) is 0 Å². The Morgan fingerprint density at radius 1 is 1.21 bits per heavy atom. The lowest BCUT2D eigenvalue weighted by Gasteiger charge is -2.18. The summed E-state index contributed by atoms with van der Waals surface area (Å²) in [6.07, 6.45) is 1.70. The van der Waals surface area contributed by atoms with Crippen molar-refractivity contribution in [1.82, 2.24) is 20.2 Å². The molecule has 0 saturated heterocycles. The van der Waals surface area contributed by atoms with Gasteiger partial charge in [0.15, 0.2) is 5.82 Å². The molecule has 0 aromatic carbocycles. The molecule has 0 saturated carbocycles. The summed E-state index contributed by atoms with van der Waals surface area (Å²) in [5.74, 6) is 2.49. The molecule has 144 valence electrons. The zero-order chi connectivity index (χ0) is 20.1. The first-order valence-electron chi connectivity index (χ1n) is 8.97. The second kappa shape index (κ2) is 8.39. The standard InChI is InChI=1S/C20H23N7O/c1-12-7-18(24-19-8-14(3)26-27-19)25-20(17(12)9-21)23-15(4)11-28-16-6-5-13(2)22-10-16/h5-8,10,15H,11H2,1-4H3,(H3,23,24,25,26,27)/t15-/m0/s1. The van der Waals surface area contributed by atoms with E-state index < -0.39 is 0 Å². The van der Waals surface area contributed by atoms with Crippen molar-refractivity contribution in [2.24, 2.45) is 0 Å². The maximum atomic E-state index is 9.52. The number of H-pyrrole nitrogens is 1. The van der Waals surface area contributed by atoms with Crippen LogP contribution in [0.4, 0.5) is 17.5 Å². The van der Waals surface area contributed by atoms with Crippen LogP contribution < -0.4 is 15.4 Å². The average Bonchev–Trinajstić information content (AvgIpc) is 3.06. The summed E-state index contributed by atoms with van der Waals surface area (Å²) < 4.78 is 5.76. The zero-order valence-electron chi connectivity index (χ0n) is 16.4. The van der Waals surface area contributed by atoms with Crippen molar-refractivity contribution in [3.05, 3.63) is 53.0 Å². The molecule has 3 heterocycles. The maximum Gasteiger partial charge on any atom is 0.153 e. The maximum absolute atomic E-state index is 9.52. The highest BCUT2D eigenvalue weighted by Gasteiger charge is 2.14. The van der Waals surface area contributed by atoms with Crippen LogP contribution >= 0.6 is 0 Å². The van der Waals surface area contributed by atoms with Crippen molar-refractivity contribution in [3.63, 3.8) is 0 Å². The summed E-state index contributed by atoms with van der Waals surface area (Å²) in [4.78, 5) is 8.76. The molecule has 3 rings (SSSR count). The molecule has 28 heavy (non-hydrogen) atoms. The van der Waals surface area contributed by atoms with Crippen LogP contribution in [0.1, 0.15) is 29.4 Å². The zero-order valence-corrected chi connectivity index (χ0v) is 16.4. The molecular formula is C20H23N7O. The fourth-order valence-electron chi connectivity index (χ4n) is 2.63. The molecule has 8 nitrogen and oxygen atoms in total. The molecule has 0 spiro atoms. The molecular weight excluding hydrogens is 354 g/mol. The van der Waals surface area contributed by atoms with E-state index in [-0.39, 0.29) is 6.04 Å². The van der Waals surface area contributed by atoms with Gasteiger partial charge in [-0.1, -0.05) is 0 Å². The van der Waals surface area contributed by atoms with Crippen LogP contribution in [0.15, 0.2) is 30.5 Å². The second-order valence-electron chi connectivity index (χ2n) is 6.71. The normalized spacial score (nSPS) is 11.5. The highest BCUT2D eigenvalue weighted by molar-refractivity contribution is 5.63. The van der Waals surface area contributed by atoms with Gasteiger partial charge in [0.05, 0.1) is 17.8 Å². The Labute approximate surface area is 164 Å². The minimum Gasteiger partial charge on any atom is -0.490 e. The summed E-state index contributed by atoms with van der Waals surface area (Å²) >= 11 is 0. The summed E-state index contributed by atoms with van der Waals surface area (Å²) in [7, 11) is 0. The van der Waals surface area contributed by atoms with Gasteiger partial charge in [0.25, 0.3) is 0 Å². The topological polar surface area (TPSA) is 112 Å². The van der Waals surface area contributed by atoms with E-state index in [0.717, 1.165) is 17.0 Å². The number of nitrogens with one attached hydrogen (secondary N) is 3. The predicted octanol–water partition coefficient (Wildman–Crippen LogP) is 3.62. The molecule has 0 amide bonds. The third-order valence-electron chi connectivity index (χ3n) is 4.06. The molecule has 0 aliphatic carbocycles. The van der Waals surface area contributed by atoms with Crippen molar-refractivity contribution in [3.8, 4) is 11.8 Å². The van der Waals surface area contributed by atoms with E-state index >= 15 is 0 Å². The summed E-state index contributed by atoms with van der Waals surface area (Å²) in [6.45, 7) is 8.11. The molecule has 1 atom stereocenters. The van der Waals surface area contributed by atoms with E-state index in [0.29, 0.717) is 35.4 Å². The number of ether oxygens (including phenoxy) is 1. The van der Waals surface area contributed by atoms with Crippen molar-refractivity contribution in [2.45, 2.75) is 33.7 Å². The number of aryl methyl sites for hydroxylation is 3. The first-order chi connectivity index (χ1) is 13.4. The van der Waals surface area contributed by atoms with Crippen LogP contribution in [-0.2, 0) is 0 Å². The SMILES string of the molecule is Cc1ccc(OC[C@H](C)Nc2nc(Nc3cc(C)[nH]n3)cc(C)c2C#N)cn1.